The molecule has 1 aromatic rings. The Kier molecular flexibility index (Phi) is 4.86. The number of carbonyl (C=O) groups is 2. The number of hydrogen-bond donors (Lipinski definition) is 3. The van der Waals surface area contributed by atoms with E-state index in [0.29, 0.717) is 5.69 Å². The highest BCUT2D eigenvalue weighted by atomic mass is 19.1. The van der Waals surface area contributed by atoms with Crippen molar-refractivity contribution >= 4 is 17.5 Å². The standard InChI is InChI=1S/C13H18FN3O2/c1-7(2)17-11(18)6-16-13(19)10-5-9(15)4-8(3)12(10)14/h4-5,7H,6,15H2,1-3H3,(H,16,19)(H,17,18). The molecule has 0 aliphatic heterocycles. The second-order valence-corrected chi connectivity index (χ2v) is 4.60. The first kappa shape index (κ1) is 14.9. The van der Waals surface area contributed by atoms with Crippen LogP contribution in [-0.2, 0) is 4.79 Å². The van der Waals surface area contributed by atoms with E-state index in [1.54, 1.807) is 13.8 Å². The quantitative estimate of drug-likeness (QED) is 0.711. The number of nitrogens with one attached hydrogen (secondary N) is 2. The van der Waals surface area contributed by atoms with Crippen molar-refractivity contribution in [2.75, 3.05) is 12.3 Å². The maximum absolute atomic E-state index is 13.7. The zero-order valence-corrected chi connectivity index (χ0v) is 11.2. The number of nitrogens with two attached hydrogens (primary N) is 1. The molecule has 19 heavy (non-hydrogen) atoms. The van der Waals surface area contributed by atoms with Crippen molar-refractivity contribution in [1.29, 1.82) is 0 Å². The van der Waals surface area contributed by atoms with Crippen LogP contribution in [0.15, 0.2) is 12.1 Å². The Labute approximate surface area is 111 Å². The van der Waals surface area contributed by atoms with Gasteiger partial charge in [0.05, 0.1) is 12.1 Å². The average Bonchev–Trinajstić information content (AvgIpc) is 2.29. The van der Waals surface area contributed by atoms with E-state index in [2.05, 4.69) is 10.6 Å². The summed E-state index contributed by atoms with van der Waals surface area (Å²) < 4.78 is 13.7. The van der Waals surface area contributed by atoms with Crippen molar-refractivity contribution in [2.24, 2.45) is 0 Å². The summed E-state index contributed by atoms with van der Waals surface area (Å²) in [5.41, 5.74) is 5.99. The molecule has 104 valence electrons. The molecule has 0 fully saturated rings. The van der Waals surface area contributed by atoms with E-state index >= 15 is 0 Å². The molecular formula is C13H18FN3O2. The lowest BCUT2D eigenvalue weighted by Crippen LogP contribution is -2.40. The van der Waals surface area contributed by atoms with Crippen LogP contribution in [0.4, 0.5) is 10.1 Å². The van der Waals surface area contributed by atoms with Crippen LogP contribution in [0.25, 0.3) is 0 Å². The summed E-state index contributed by atoms with van der Waals surface area (Å²) >= 11 is 0. The molecule has 4 N–H and O–H groups in total. The van der Waals surface area contributed by atoms with Gasteiger partial charge in [-0.05, 0) is 38.5 Å². The molecular weight excluding hydrogens is 249 g/mol. The summed E-state index contributed by atoms with van der Waals surface area (Å²) in [4.78, 5) is 23.1. The summed E-state index contributed by atoms with van der Waals surface area (Å²) in [5.74, 6) is -1.62. The summed E-state index contributed by atoms with van der Waals surface area (Å²) in [5, 5.41) is 4.97. The Hall–Kier alpha value is -2.11. The lowest BCUT2D eigenvalue weighted by atomic mass is 10.1. The van der Waals surface area contributed by atoms with Crippen LogP contribution >= 0.6 is 0 Å². The number of carbonyl (C=O) groups excluding carboxylic acids is 2. The second-order valence-electron chi connectivity index (χ2n) is 4.60. The van der Waals surface area contributed by atoms with Gasteiger partial charge in [0, 0.05) is 11.7 Å². The Balaban J connectivity index is 2.72. The Morgan fingerprint density at radius 3 is 2.58 bits per heavy atom. The van der Waals surface area contributed by atoms with Gasteiger partial charge in [0.25, 0.3) is 5.91 Å². The molecule has 0 saturated carbocycles. The molecule has 0 unspecified atom stereocenters. The largest absolute Gasteiger partial charge is 0.399 e. The van der Waals surface area contributed by atoms with Gasteiger partial charge in [0.15, 0.2) is 0 Å². The molecule has 0 atom stereocenters. The molecule has 6 heteroatoms. The lowest BCUT2D eigenvalue weighted by Gasteiger charge is -2.10. The zero-order chi connectivity index (χ0) is 14.6. The Morgan fingerprint density at radius 1 is 1.37 bits per heavy atom. The fourth-order valence-corrected chi connectivity index (χ4v) is 1.59. The molecule has 0 aliphatic rings. The molecule has 0 bridgehead atoms. The van der Waals surface area contributed by atoms with Gasteiger partial charge >= 0.3 is 0 Å². The number of amides is 2. The van der Waals surface area contributed by atoms with Crippen LogP contribution in [0.1, 0.15) is 29.8 Å². The van der Waals surface area contributed by atoms with Crippen molar-refractivity contribution in [3.8, 4) is 0 Å². The number of benzene rings is 1. The van der Waals surface area contributed by atoms with Crippen molar-refractivity contribution in [3.63, 3.8) is 0 Å². The van der Waals surface area contributed by atoms with E-state index < -0.39 is 11.7 Å². The summed E-state index contributed by atoms with van der Waals surface area (Å²) in [7, 11) is 0. The number of aryl methyl sites for hydroxylation is 1. The predicted octanol–water partition coefficient (Wildman–Crippen LogP) is 0.971. The third-order valence-electron chi connectivity index (χ3n) is 2.38. The summed E-state index contributed by atoms with van der Waals surface area (Å²) in [6.07, 6.45) is 0. The van der Waals surface area contributed by atoms with Crippen molar-refractivity contribution in [3.05, 3.63) is 29.1 Å². The number of anilines is 1. The van der Waals surface area contributed by atoms with Gasteiger partial charge in [-0.2, -0.15) is 0 Å². The minimum atomic E-state index is -0.660. The first-order valence-corrected chi connectivity index (χ1v) is 5.94. The number of hydrogen-bond acceptors (Lipinski definition) is 3. The van der Waals surface area contributed by atoms with Gasteiger partial charge in [-0.25, -0.2) is 4.39 Å². The van der Waals surface area contributed by atoms with Crippen LogP contribution < -0.4 is 16.4 Å². The topological polar surface area (TPSA) is 84.2 Å². The highest BCUT2D eigenvalue weighted by Gasteiger charge is 2.15. The van der Waals surface area contributed by atoms with Gasteiger partial charge in [-0.3, -0.25) is 9.59 Å². The lowest BCUT2D eigenvalue weighted by molar-refractivity contribution is -0.120. The maximum atomic E-state index is 13.7. The monoisotopic (exact) mass is 267 g/mol. The van der Waals surface area contributed by atoms with Gasteiger partial charge in [-0.1, -0.05) is 0 Å². The maximum Gasteiger partial charge on any atom is 0.254 e. The average molecular weight is 267 g/mol. The highest BCUT2D eigenvalue weighted by Crippen LogP contribution is 2.16. The SMILES string of the molecule is Cc1cc(N)cc(C(=O)NCC(=O)NC(C)C)c1F. The molecule has 0 radical (unpaired) electrons. The van der Waals surface area contributed by atoms with Gasteiger partial charge in [0.1, 0.15) is 5.82 Å². The van der Waals surface area contributed by atoms with Crippen LogP contribution in [0.2, 0.25) is 0 Å². The van der Waals surface area contributed by atoms with Crippen LogP contribution in [0.5, 0.6) is 0 Å². The molecule has 0 aliphatic carbocycles. The minimum absolute atomic E-state index is 0.0178. The fourth-order valence-electron chi connectivity index (χ4n) is 1.59. The molecule has 0 heterocycles. The zero-order valence-electron chi connectivity index (χ0n) is 11.2. The van der Waals surface area contributed by atoms with Crippen molar-refractivity contribution in [1.82, 2.24) is 10.6 Å². The number of rotatable bonds is 4. The number of nitrogen functional groups attached to an aromatic ring is 1. The van der Waals surface area contributed by atoms with E-state index in [4.69, 9.17) is 5.73 Å². The predicted molar refractivity (Wildman–Crippen MR) is 71.2 cm³/mol. The molecule has 1 aromatic carbocycles. The van der Waals surface area contributed by atoms with E-state index in [9.17, 15) is 14.0 Å². The van der Waals surface area contributed by atoms with E-state index in [1.807, 2.05) is 0 Å². The Morgan fingerprint density at radius 2 is 2.00 bits per heavy atom. The second kappa shape index (κ2) is 6.17. The summed E-state index contributed by atoms with van der Waals surface area (Å²) in [6.45, 7) is 4.93. The molecule has 0 spiro atoms. The molecule has 2 amide bonds. The normalized spacial score (nSPS) is 10.4. The van der Waals surface area contributed by atoms with Gasteiger partial charge in [-0.15, -0.1) is 0 Å². The van der Waals surface area contributed by atoms with Crippen molar-refractivity contribution in [2.45, 2.75) is 26.8 Å². The van der Waals surface area contributed by atoms with Crippen LogP contribution in [0, 0.1) is 12.7 Å². The smallest absolute Gasteiger partial charge is 0.254 e. The molecule has 5 nitrogen and oxygen atoms in total. The third kappa shape index (κ3) is 4.24. The molecule has 1 rings (SSSR count). The van der Waals surface area contributed by atoms with E-state index in [1.165, 1.54) is 19.1 Å². The van der Waals surface area contributed by atoms with E-state index in [0.717, 1.165) is 0 Å². The minimum Gasteiger partial charge on any atom is -0.399 e. The fraction of sp³-hybridized carbons (Fsp3) is 0.385. The van der Waals surface area contributed by atoms with E-state index in [-0.39, 0.29) is 29.6 Å². The van der Waals surface area contributed by atoms with Crippen LogP contribution in [-0.4, -0.2) is 24.4 Å². The van der Waals surface area contributed by atoms with Crippen LogP contribution in [0.3, 0.4) is 0 Å². The Bertz CT molecular complexity index is 501. The van der Waals surface area contributed by atoms with Gasteiger partial charge < -0.3 is 16.4 Å². The third-order valence-corrected chi connectivity index (χ3v) is 2.38. The summed E-state index contributed by atoms with van der Waals surface area (Å²) in [6, 6.07) is 2.67. The first-order valence-electron chi connectivity index (χ1n) is 5.94. The first-order chi connectivity index (χ1) is 8.81. The van der Waals surface area contributed by atoms with Gasteiger partial charge in [0.2, 0.25) is 5.91 Å². The highest BCUT2D eigenvalue weighted by molar-refractivity contribution is 5.97. The van der Waals surface area contributed by atoms with Crippen molar-refractivity contribution < 1.29 is 14.0 Å². The molecule has 0 saturated heterocycles. The molecule has 0 aromatic heterocycles. The number of halogens is 1.